The van der Waals surface area contributed by atoms with Crippen LogP contribution in [0.15, 0.2) is 22.1 Å². The van der Waals surface area contributed by atoms with E-state index in [4.69, 9.17) is 27.9 Å². The average molecular weight is 476 g/mol. The number of alkyl halides is 3. The quantitative estimate of drug-likeness (QED) is 0.196. The van der Waals surface area contributed by atoms with Crippen molar-refractivity contribution >= 4 is 22.8 Å². The van der Waals surface area contributed by atoms with Crippen LogP contribution in [-0.4, -0.2) is 34.0 Å². The summed E-state index contributed by atoms with van der Waals surface area (Å²) in [6.45, 7) is 1.96. The molecule has 12 heteroatoms. The first-order chi connectivity index (χ1) is 15.1. The number of amidine groups is 1. The van der Waals surface area contributed by atoms with E-state index in [1.54, 1.807) is 0 Å². The third-order valence-corrected chi connectivity index (χ3v) is 6.66. The number of halogens is 3. The molecule has 1 saturated heterocycles. The lowest BCUT2D eigenvalue weighted by atomic mass is 9.81. The van der Waals surface area contributed by atoms with Crippen molar-refractivity contribution in [3.8, 4) is 0 Å². The highest BCUT2D eigenvalue weighted by Crippen LogP contribution is 2.40. The topological polar surface area (TPSA) is 161 Å². The number of benzene rings is 1. The molecule has 0 amide bonds. The fourth-order valence-electron chi connectivity index (χ4n) is 4.25. The van der Waals surface area contributed by atoms with Gasteiger partial charge in [-0.1, -0.05) is 25.3 Å². The zero-order valence-electron chi connectivity index (χ0n) is 18.0. The Kier molecular flexibility index (Phi) is 9.32. The van der Waals surface area contributed by atoms with E-state index in [0.717, 1.165) is 51.3 Å². The Morgan fingerprint density at radius 2 is 1.62 bits per heavy atom. The van der Waals surface area contributed by atoms with Crippen LogP contribution in [0.5, 0.6) is 0 Å². The number of hydrogen-bond acceptors (Lipinski definition) is 4. The van der Waals surface area contributed by atoms with Crippen LogP contribution in [0.2, 0.25) is 0 Å². The van der Waals surface area contributed by atoms with Gasteiger partial charge < -0.3 is 22.2 Å². The summed E-state index contributed by atoms with van der Waals surface area (Å²) < 4.78 is 51.5. The van der Waals surface area contributed by atoms with E-state index in [9.17, 15) is 17.4 Å². The van der Waals surface area contributed by atoms with Crippen molar-refractivity contribution in [3.63, 3.8) is 0 Å². The summed E-state index contributed by atoms with van der Waals surface area (Å²) in [4.78, 5) is 1.37. The normalized spacial score (nSPS) is 19.1. The summed E-state index contributed by atoms with van der Waals surface area (Å²) in [5.74, 6) is 5.15. The van der Waals surface area contributed by atoms with Crippen molar-refractivity contribution < 1.29 is 17.4 Å². The Bertz CT molecular complexity index is 848. The zero-order chi connectivity index (χ0) is 23.9. The molecule has 1 heterocycles. The number of nitrogens with zero attached hydrogens (tertiary/aromatic N) is 2. The van der Waals surface area contributed by atoms with E-state index in [0.29, 0.717) is 5.56 Å². The molecule has 0 spiro atoms. The molecule has 32 heavy (non-hydrogen) atoms. The SMILES string of the molecule is N/N=C(\N)c1c(C2CCCCC2)ccc(C(F)(F)F)c1S(N)=O.N=C(N)N1CCCCC1. The third kappa shape index (κ3) is 6.58. The Labute approximate surface area is 188 Å². The van der Waals surface area contributed by atoms with Gasteiger partial charge in [-0.2, -0.15) is 18.3 Å². The third-order valence-electron chi connectivity index (χ3n) is 5.83. The summed E-state index contributed by atoms with van der Waals surface area (Å²) in [6, 6.07) is 2.29. The molecule has 1 aromatic rings. The van der Waals surface area contributed by atoms with Crippen molar-refractivity contribution in [2.75, 3.05) is 13.1 Å². The second kappa shape index (κ2) is 11.5. The molecule has 3 rings (SSSR count). The first-order valence-corrected chi connectivity index (χ1v) is 11.8. The number of hydrazone groups is 1. The van der Waals surface area contributed by atoms with Crippen LogP contribution < -0.4 is 22.4 Å². The molecular weight excluding hydrogens is 443 g/mol. The van der Waals surface area contributed by atoms with Gasteiger partial charge in [-0.15, -0.1) is 0 Å². The maximum Gasteiger partial charge on any atom is 0.417 e. The van der Waals surface area contributed by atoms with Crippen LogP contribution >= 0.6 is 0 Å². The summed E-state index contributed by atoms with van der Waals surface area (Å²) in [5.41, 5.74) is 10.5. The van der Waals surface area contributed by atoms with Crippen LogP contribution in [0.3, 0.4) is 0 Å². The number of likely N-dealkylation sites (tertiary alicyclic amines) is 1. The fraction of sp³-hybridized carbons (Fsp3) is 0.600. The standard InChI is InChI=1S/C14H19F3N4OS.C6H13N3/c15-14(16,17)10-7-6-9(8-4-2-1-3-5-8)11(13(18)21-19)12(10)23(20)22;7-6(8)9-4-2-1-3-5-9/h6-8H,1-5,19-20H2,(H2,18,21);1-5H2,(H3,7,8). The summed E-state index contributed by atoms with van der Waals surface area (Å²) in [5, 5.41) is 15.7. The van der Waals surface area contributed by atoms with Crippen molar-refractivity contribution in [2.45, 2.75) is 68.4 Å². The second-order valence-corrected chi connectivity index (χ2v) is 8.99. The number of guanidine groups is 1. The number of rotatable bonds is 3. The first kappa shape index (κ1) is 25.9. The van der Waals surface area contributed by atoms with Gasteiger partial charge in [0.25, 0.3) is 0 Å². The second-order valence-electron chi connectivity index (χ2n) is 7.98. The van der Waals surface area contributed by atoms with Crippen molar-refractivity contribution in [1.82, 2.24) is 4.90 Å². The molecule has 1 unspecified atom stereocenters. The molecule has 1 atom stereocenters. The molecule has 1 aromatic carbocycles. The zero-order valence-corrected chi connectivity index (χ0v) is 18.8. The Morgan fingerprint density at radius 3 is 2.06 bits per heavy atom. The Balaban J connectivity index is 0.000000336. The van der Waals surface area contributed by atoms with Crippen LogP contribution in [0.4, 0.5) is 13.2 Å². The average Bonchev–Trinajstić information content (AvgIpc) is 2.78. The Hall–Kier alpha value is -2.34. The first-order valence-electron chi connectivity index (χ1n) is 10.6. The molecule has 1 saturated carbocycles. The monoisotopic (exact) mass is 475 g/mol. The highest BCUT2D eigenvalue weighted by molar-refractivity contribution is 7.82. The maximum absolute atomic E-state index is 13.2. The number of nitrogens with two attached hydrogens (primary N) is 4. The lowest BCUT2D eigenvalue weighted by Gasteiger charge is -2.26. The van der Waals surface area contributed by atoms with Gasteiger partial charge in [-0.3, -0.25) is 5.41 Å². The maximum atomic E-state index is 13.2. The van der Waals surface area contributed by atoms with Crippen molar-refractivity contribution in [1.29, 1.82) is 5.41 Å². The van der Waals surface area contributed by atoms with E-state index >= 15 is 0 Å². The minimum atomic E-state index is -4.70. The number of nitrogens with one attached hydrogen (secondary N) is 1. The Morgan fingerprint density at radius 1 is 1.06 bits per heavy atom. The molecule has 0 bridgehead atoms. The van der Waals surface area contributed by atoms with Gasteiger partial charge >= 0.3 is 6.18 Å². The molecule has 2 fully saturated rings. The van der Waals surface area contributed by atoms with Gasteiger partial charge in [0, 0.05) is 18.7 Å². The number of piperidine rings is 1. The molecule has 180 valence electrons. The van der Waals surface area contributed by atoms with Gasteiger partial charge in [-0.25, -0.2) is 9.35 Å². The smallest absolute Gasteiger partial charge is 0.382 e. The molecule has 9 N–H and O–H groups in total. The van der Waals surface area contributed by atoms with E-state index < -0.39 is 27.6 Å². The van der Waals surface area contributed by atoms with E-state index in [1.165, 1.54) is 25.3 Å². The van der Waals surface area contributed by atoms with Crippen LogP contribution in [0, 0.1) is 5.41 Å². The van der Waals surface area contributed by atoms with Gasteiger partial charge in [-0.05, 0) is 49.7 Å². The van der Waals surface area contributed by atoms with Crippen LogP contribution in [0.1, 0.15) is 74.0 Å². The molecule has 8 nitrogen and oxygen atoms in total. The van der Waals surface area contributed by atoms with Gasteiger partial charge in [0.15, 0.2) is 11.8 Å². The van der Waals surface area contributed by atoms with Crippen molar-refractivity contribution in [3.05, 3.63) is 28.8 Å². The minimum Gasteiger partial charge on any atom is -0.382 e. The number of hydrogen-bond donors (Lipinski definition) is 5. The molecular formula is C20H32F3N7OS. The fourth-order valence-corrected chi connectivity index (χ4v) is 5.07. The molecule has 0 aromatic heterocycles. The van der Waals surface area contributed by atoms with Crippen LogP contribution in [0.25, 0.3) is 0 Å². The van der Waals surface area contributed by atoms with E-state index in [1.807, 2.05) is 4.90 Å². The van der Waals surface area contributed by atoms with Crippen LogP contribution in [-0.2, 0) is 17.2 Å². The highest BCUT2D eigenvalue weighted by atomic mass is 32.2. The lowest BCUT2D eigenvalue weighted by Crippen LogP contribution is -2.39. The van der Waals surface area contributed by atoms with Gasteiger partial charge in [0.05, 0.1) is 10.5 Å². The predicted molar refractivity (Wildman–Crippen MR) is 120 cm³/mol. The van der Waals surface area contributed by atoms with Gasteiger partial charge in [0.2, 0.25) is 0 Å². The van der Waals surface area contributed by atoms with Crippen molar-refractivity contribution in [2.24, 2.45) is 27.6 Å². The summed E-state index contributed by atoms with van der Waals surface area (Å²) in [6.07, 6.45) is 3.68. The van der Waals surface area contributed by atoms with E-state index in [2.05, 4.69) is 5.10 Å². The molecule has 0 radical (unpaired) electrons. The summed E-state index contributed by atoms with van der Waals surface area (Å²) >= 11 is 0. The summed E-state index contributed by atoms with van der Waals surface area (Å²) in [7, 11) is -2.37. The highest BCUT2D eigenvalue weighted by Gasteiger charge is 2.38. The largest absolute Gasteiger partial charge is 0.417 e. The minimum absolute atomic E-state index is 0.0311. The predicted octanol–water partition coefficient (Wildman–Crippen LogP) is 2.68. The van der Waals surface area contributed by atoms with E-state index in [-0.39, 0.29) is 23.3 Å². The van der Waals surface area contributed by atoms with Gasteiger partial charge in [0.1, 0.15) is 11.0 Å². The lowest BCUT2D eigenvalue weighted by molar-refractivity contribution is -0.139. The molecule has 2 aliphatic rings. The molecule has 1 aliphatic carbocycles. The molecule has 1 aliphatic heterocycles.